The number of alkyl carbamates (subject to hydrolysis) is 1. The minimum atomic E-state index is -0.730. The molecule has 27 heavy (non-hydrogen) atoms. The van der Waals surface area contributed by atoms with Gasteiger partial charge in [0, 0.05) is 13.0 Å². The predicted molar refractivity (Wildman–Crippen MR) is 102 cm³/mol. The maximum absolute atomic E-state index is 12.7. The minimum absolute atomic E-state index is 0.0692. The molecule has 6 heteroatoms. The van der Waals surface area contributed by atoms with Gasteiger partial charge in [-0.1, -0.05) is 30.3 Å². The largest absolute Gasteiger partial charge is 0.444 e. The summed E-state index contributed by atoms with van der Waals surface area (Å²) in [4.78, 5) is 24.9. The third kappa shape index (κ3) is 8.10. The number of hydrogen-bond donors (Lipinski definition) is 1. The molecule has 2 unspecified atom stereocenters. The van der Waals surface area contributed by atoms with Crippen molar-refractivity contribution >= 4 is 11.9 Å². The summed E-state index contributed by atoms with van der Waals surface area (Å²) >= 11 is 0. The molecule has 0 spiro atoms. The fourth-order valence-corrected chi connectivity index (χ4v) is 2.87. The lowest BCUT2D eigenvalue weighted by Crippen LogP contribution is -2.38. The Morgan fingerprint density at radius 3 is 2.59 bits per heavy atom. The van der Waals surface area contributed by atoms with E-state index >= 15 is 0 Å². The number of rotatable bonds is 8. The van der Waals surface area contributed by atoms with Crippen LogP contribution in [-0.2, 0) is 19.0 Å². The Morgan fingerprint density at radius 1 is 1.22 bits per heavy atom. The molecule has 1 N–H and O–H groups in total. The number of amides is 1. The average Bonchev–Trinajstić information content (AvgIpc) is 2.63. The normalized spacial score (nSPS) is 18.6. The van der Waals surface area contributed by atoms with Crippen molar-refractivity contribution in [1.29, 1.82) is 0 Å². The molecule has 0 radical (unpaired) electrons. The molecule has 2 rings (SSSR count). The van der Waals surface area contributed by atoms with Gasteiger partial charge in [0.15, 0.2) is 12.1 Å². The summed E-state index contributed by atoms with van der Waals surface area (Å²) in [5.41, 5.74) is 0.118. The smallest absolute Gasteiger partial charge is 0.408 e. The van der Waals surface area contributed by atoms with E-state index in [-0.39, 0.29) is 12.1 Å². The number of carbonyl (C=O) groups excluding carboxylic acids is 2. The summed E-state index contributed by atoms with van der Waals surface area (Å²) in [5, 5.41) is 2.70. The molecule has 1 aliphatic heterocycles. The second-order valence-electron chi connectivity index (χ2n) is 7.73. The molecule has 0 aliphatic carbocycles. The van der Waals surface area contributed by atoms with Crippen LogP contribution in [0.5, 0.6) is 0 Å². The summed E-state index contributed by atoms with van der Waals surface area (Å²) in [6, 6.07) is 8.48. The molecule has 1 aliphatic rings. The molecular weight excluding hydrogens is 346 g/mol. The Balaban J connectivity index is 1.87. The van der Waals surface area contributed by atoms with Crippen LogP contribution in [0.3, 0.4) is 0 Å². The van der Waals surface area contributed by atoms with Gasteiger partial charge in [0.05, 0.1) is 6.61 Å². The van der Waals surface area contributed by atoms with Gasteiger partial charge in [0.2, 0.25) is 0 Å². The van der Waals surface area contributed by atoms with Crippen molar-refractivity contribution in [2.45, 2.75) is 70.8 Å². The molecular formula is C21H31NO5. The lowest BCUT2D eigenvalue weighted by atomic mass is 10.00. The highest BCUT2D eigenvalue weighted by Gasteiger charge is 2.25. The summed E-state index contributed by atoms with van der Waals surface area (Å²) in [6.45, 7) is 6.56. The van der Waals surface area contributed by atoms with Crippen LogP contribution < -0.4 is 5.32 Å². The van der Waals surface area contributed by atoms with E-state index in [0.29, 0.717) is 19.4 Å². The van der Waals surface area contributed by atoms with Crippen LogP contribution in [0, 0.1) is 0 Å². The summed E-state index contributed by atoms with van der Waals surface area (Å²) in [7, 11) is 0. The van der Waals surface area contributed by atoms with E-state index in [2.05, 4.69) is 5.32 Å². The zero-order valence-electron chi connectivity index (χ0n) is 16.5. The number of carbonyl (C=O) groups is 2. The number of ether oxygens (including phenoxy) is 3. The van der Waals surface area contributed by atoms with Crippen molar-refractivity contribution in [2.75, 3.05) is 13.2 Å². The summed E-state index contributed by atoms with van der Waals surface area (Å²) in [5.74, 6) is -0.0692. The molecule has 0 bridgehead atoms. The molecule has 150 valence electrons. The number of benzene rings is 1. The Labute approximate surface area is 161 Å². The third-order valence-electron chi connectivity index (χ3n) is 4.13. The number of Topliss-reactive ketones (excluding diaryl/α,β-unsaturated/α-hetero) is 1. The Hall–Kier alpha value is -1.92. The second kappa shape index (κ2) is 10.4. The summed E-state index contributed by atoms with van der Waals surface area (Å²) in [6.07, 6.45) is 3.23. The first-order chi connectivity index (χ1) is 12.8. The second-order valence-corrected chi connectivity index (χ2v) is 7.73. The Morgan fingerprint density at radius 2 is 1.96 bits per heavy atom. The zero-order valence-corrected chi connectivity index (χ0v) is 16.5. The highest BCUT2D eigenvalue weighted by molar-refractivity contribution is 5.88. The van der Waals surface area contributed by atoms with E-state index in [1.54, 1.807) is 20.8 Å². The molecule has 2 atom stereocenters. The van der Waals surface area contributed by atoms with E-state index in [1.807, 2.05) is 30.3 Å². The van der Waals surface area contributed by atoms with Gasteiger partial charge in [-0.25, -0.2) is 4.79 Å². The number of hydrogen-bond acceptors (Lipinski definition) is 5. The van der Waals surface area contributed by atoms with E-state index in [1.165, 1.54) is 0 Å². The van der Waals surface area contributed by atoms with Crippen LogP contribution in [0.15, 0.2) is 30.3 Å². The molecule has 1 aromatic carbocycles. The molecule has 1 fully saturated rings. The number of ketones is 1. The van der Waals surface area contributed by atoms with E-state index in [9.17, 15) is 9.59 Å². The maximum Gasteiger partial charge on any atom is 0.408 e. The molecule has 6 nitrogen and oxygen atoms in total. The molecule has 0 aromatic heterocycles. The van der Waals surface area contributed by atoms with Crippen LogP contribution >= 0.6 is 0 Å². The van der Waals surface area contributed by atoms with Crippen molar-refractivity contribution in [1.82, 2.24) is 5.32 Å². The third-order valence-corrected chi connectivity index (χ3v) is 4.13. The van der Waals surface area contributed by atoms with Gasteiger partial charge in [0.1, 0.15) is 11.6 Å². The van der Waals surface area contributed by atoms with Crippen LogP contribution in [0.2, 0.25) is 0 Å². The van der Waals surface area contributed by atoms with Crippen LogP contribution in [-0.4, -0.2) is 37.0 Å². The van der Waals surface area contributed by atoms with Gasteiger partial charge in [0.25, 0.3) is 0 Å². The van der Waals surface area contributed by atoms with Gasteiger partial charge in [-0.2, -0.15) is 0 Å². The first kappa shape index (κ1) is 21.4. The highest BCUT2D eigenvalue weighted by Crippen LogP contribution is 2.19. The van der Waals surface area contributed by atoms with Crippen LogP contribution in [0.1, 0.15) is 64.5 Å². The molecule has 0 saturated carbocycles. The number of nitrogens with one attached hydrogen (secondary N) is 1. The van der Waals surface area contributed by atoms with Crippen molar-refractivity contribution in [3.8, 4) is 0 Å². The van der Waals surface area contributed by atoms with Crippen LogP contribution in [0.25, 0.3) is 0 Å². The minimum Gasteiger partial charge on any atom is -0.444 e. The van der Waals surface area contributed by atoms with Gasteiger partial charge in [-0.3, -0.25) is 4.79 Å². The van der Waals surface area contributed by atoms with Gasteiger partial charge in [-0.15, -0.1) is 0 Å². The maximum atomic E-state index is 12.7. The SMILES string of the molecule is CC(C)(C)OC(=O)NC(C(=O)CCCOC1CCCCO1)c1ccccc1. The molecule has 1 aromatic rings. The van der Waals surface area contributed by atoms with Crippen molar-refractivity contribution in [3.05, 3.63) is 35.9 Å². The van der Waals surface area contributed by atoms with E-state index < -0.39 is 17.7 Å². The Kier molecular flexibility index (Phi) is 8.25. The predicted octanol–water partition coefficient (Wildman–Crippen LogP) is 4.14. The van der Waals surface area contributed by atoms with Crippen molar-refractivity contribution in [2.24, 2.45) is 0 Å². The molecule has 1 saturated heterocycles. The quantitative estimate of drug-likeness (QED) is 0.689. The fraction of sp³-hybridized carbons (Fsp3) is 0.619. The van der Waals surface area contributed by atoms with E-state index in [4.69, 9.17) is 14.2 Å². The average molecular weight is 377 g/mol. The zero-order chi connectivity index (χ0) is 19.7. The fourth-order valence-electron chi connectivity index (χ4n) is 2.87. The van der Waals surface area contributed by atoms with Gasteiger partial charge >= 0.3 is 6.09 Å². The lowest BCUT2D eigenvalue weighted by molar-refractivity contribution is -0.163. The summed E-state index contributed by atoms with van der Waals surface area (Å²) < 4.78 is 16.5. The molecule has 1 amide bonds. The standard InChI is InChI=1S/C21H31NO5/c1-21(2,3)27-20(24)22-19(16-10-5-4-6-11-16)17(23)12-9-15-26-18-13-7-8-14-25-18/h4-6,10-11,18-19H,7-9,12-15H2,1-3H3,(H,22,24). The highest BCUT2D eigenvalue weighted by atomic mass is 16.7. The monoisotopic (exact) mass is 377 g/mol. The lowest BCUT2D eigenvalue weighted by Gasteiger charge is -2.24. The molecule has 1 heterocycles. The van der Waals surface area contributed by atoms with Crippen LogP contribution in [0.4, 0.5) is 4.79 Å². The van der Waals surface area contributed by atoms with Gasteiger partial charge in [-0.05, 0) is 52.0 Å². The topological polar surface area (TPSA) is 73.9 Å². The van der Waals surface area contributed by atoms with Gasteiger partial charge < -0.3 is 19.5 Å². The van der Waals surface area contributed by atoms with Crippen molar-refractivity contribution in [3.63, 3.8) is 0 Å². The Bertz CT molecular complexity index is 590. The first-order valence-corrected chi connectivity index (χ1v) is 9.65. The van der Waals surface area contributed by atoms with E-state index in [0.717, 1.165) is 31.4 Å². The van der Waals surface area contributed by atoms with Crippen molar-refractivity contribution < 1.29 is 23.8 Å². The first-order valence-electron chi connectivity index (χ1n) is 9.65.